The molecule has 0 saturated carbocycles. The fraction of sp³-hybridized carbons (Fsp3) is 0.143. The highest BCUT2D eigenvalue weighted by molar-refractivity contribution is 5.92. The fourth-order valence-electron chi connectivity index (χ4n) is 1.54. The normalized spacial score (nSPS) is 9.95. The number of hydrogen-bond donors (Lipinski definition) is 2. The van der Waals surface area contributed by atoms with Gasteiger partial charge in [-0.1, -0.05) is 6.07 Å². The lowest BCUT2D eigenvalue weighted by Gasteiger charge is -2.07. The molecule has 1 aromatic heterocycles. The van der Waals surface area contributed by atoms with Gasteiger partial charge in [-0.3, -0.25) is 4.79 Å². The van der Waals surface area contributed by atoms with Crippen LogP contribution in [-0.4, -0.2) is 17.9 Å². The van der Waals surface area contributed by atoms with Gasteiger partial charge in [0.15, 0.2) is 0 Å². The van der Waals surface area contributed by atoms with E-state index in [9.17, 15) is 4.79 Å². The van der Waals surface area contributed by atoms with Gasteiger partial charge >= 0.3 is 0 Å². The van der Waals surface area contributed by atoms with Crippen molar-refractivity contribution in [2.75, 3.05) is 12.4 Å². The largest absolute Gasteiger partial charge is 0.489 e. The third-order valence-electron chi connectivity index (χ3n) is 2.63. The summed E-state index contributed by atoms with van der Waals surface area (Å²) in [6.45, 7) is 0.424. The van der Waals surface area contributed by atoms with Crippen molar-refractivity contribution in [3.8, 4) is 5.75 Å². The number of aromatic nitrogens is 1. The molecule has 2 rings (SSSR count). The molecule has 0 fully saturated rings. The molecule has 0 radical (unpaired) electrons. The Hall–Kier alpha value is -2.56. The molecular weight excluding hydrogens is 242 g/mol. The molecule has 0 aliphatic rings. The second-order valence-corrected chi connectivity index (χ2v) is 3.98. The Morgan fingerprint density at radius 3 is 2.53 bits per heavy atom. The van der Waals surface area contributed by atoms with Crippen LogP contribution in [0.25, 0.3) is 0 Å². The molecule has 0 unspecified atom stereocenters. The first-order valence-corrected chi connectivity index (χ1v) is 5.84. The summed E-state index contributed by atoms with van der Waals surface area (Å²) >= 11 is 0. The first kappa shape index (κ1) is 12.9. The maximum Gasteiger partial charge on any atom is 0.248 e. The molecular formula is C14H15N3O2. The fourth-order valence-corrected chi connectivity index (χ4v) is 1.54. The first-order chi connectivity index (χ1) is 9.19. The number of ether oxygens (including phenoxy) is 1. The summed E-state index contributed by atoms with van der Waals surface area (Å²) in [5.74, 6) is 1.05. The second-order valence-electron chi connectivity index (χ2n) is 3.98. The molecule has 1 amide bonds. The number of carbonyl (C=O) groups is 1. The number of nitrogens with two attached hydrogens (primary N) is 1. The molecule has 19 heavy (non-hydrogen) atoms. The van der Waals surface area contributed by atoms with E-state index in [0.717, 1.165) is 11.4 Å². The van der Waals surface area contributed by atoms with Crippen molar-refractivity contribution in [3.63, 3.8) is 0 Å². The maximum atomic E-state index is 10.9. The molecule has 5 nitrogen and oxygen atoms in total. The van der Waals surface area contributed by atoms with E-state index < -0.39 is 5.91 Å². The number of rotatable bonds is 5. The van der Waals surface area contributed by atoms with Gasteiger partial charge in [-0.05, 0) is 30.3 Å². The van der Waals surface area contributed by atoms with Crippen molar-refractivity contribution in [2.24, 2.45) is 5.73 Å². The molecule has 0 aliphatic heterocycles. The van der Waals surface area contributed by atoms with Crippen LogP contribution >= 0.6 is 0 Å². The molecule has 98 valence electrons. The van der Waals surface area contributed by atoms with Crippen molar-refractivity contribution < 1.29 is 9.53 Å². The van der Waals surface area contributed by atoms with Gasteiger partial charge in [-0.25, -0.2) is 4.98 Å². The van der Waals surface area contributed by atoms with Gasteiger partial charge in [0.05, 0.1) is 0 Å². The SMILES string of the molecule is CNc1ccc(COc2ccc(C(N)=O)cc2)cn1. The van der Waals surface area contributed by atoms with E-state index in [4.69, 9.17) is 10.5 Å². The average molecular weight is 257 g/mol. The summed E-state index contributed by atoms with van der Waals surface area (Å²) < 4.78 is 5.59. The van der Waals surface area contributed by atoms with Crippen LogP contribution in [0.5, 0.6) is 5.75 Å². The Balaban J connectivity index is 1.95. The zero-order chi connectivity index (χ0) is 13.7. The maximum absolute atomic E-state index is 10.9. The van der Waals surface area contributed by atoms with Crippen LogP contribution < -0.4 is 15.8 Å². The summed E-state index contributed by atoms with van der Waals surface area (Å²) in [4.78, 5) is 15.1. The van der Waals surface area contributed by atoms with Gasteiger partial charge in [0.1, 0.15) is 18.2 Å². The quantitative estimate of drug-likeness (QED) is 0.856. The smallest absolute Gasteiger partial charge is 0.248 e. The van der Waals surface area contributed by atoms with E-state index in [2.05, 4.69) is 10.3 Å². The van der Waals surface area contributed by atoms with Crippen molar-refractivity contribution >= 4 is 11.7 Å². The van der Waals surface area contributed by atoms with Crippen LogP contribution in [0.1, 0.15) is 15.9 Å². The van der Waals surface area contributed by atoms with Crippen molar-refractivity contribution in [1.82, 2.24) is 4.98 Å². The van der Waals surface area contributed by atoms with E-state index in [-0.39, 0.29) is 0 Å². The molecule has 3 N–H and O–H groups in total. The van der Waals surface area contributed by atoms with Gasteiger partial charge < -0.3 is 15.8 Å². The molecule has 0 atom stereocenters. The van der Waals surface area contributed by atoms with Gasteiger partial charge in [0.2, 0.25) is 5.91 Å². The van der Waals surface area contributed by atoms with Gasteiger partial charge in [0.25, 0.3) is 0 Å². The van der Waals surface area contributed by atoms with Crippen molar-refractivity contribution in [3.05, 3.63) is 53.7 Å². The van der Waals surface area contributed by atoms with Crippen LogP contribution in [0.3, 0.4) is 0 Å². The lowest BCUT2D eigenvalue weighted by Crippen LogP contribution is -2.10. The average Bonchev–Trinajstić information content (AvgIpc) is 2.46. The third-order valence-corrected chi connectivity index (χ3v) is 2.63. The highest BCUT2D eigenvalue weighted by Crippen LogP contribution is 2.14. The van der Waals surface area contributed by atoms with Gasteiger partial charge in [-0.15, -0.1) is 0 Å². The van der Waals surface area contributed by atoms with Gasteiger partial charge in [0, 0.05) is 24.4 Å². The first-order valence-electron chi connectivity index (χ1n) is 5.84. The van der Waals surface area contributed by atoms with Crippen LogP contribution in [-0.2, 0) is 6.61 Å². The predicted molar refractivity (Wildman–Crippen MR) is 73.1 cm³/mol. The molecule has 5 heteroatoms. The Morgan fingerprint density at radius 1 is 1.26 bits per heavy atom. The number of nitrogens with one attached hydrogen (secondary N) is 1. The highest BCUT2D eigenvalue weighted by Gasteiger charge is 2.01. The Kier molecular flexibility index (Phi) is 3.97. The van der Waals surface area contributed by atoms with Crippen LogP contribution in [0, 0.1) is 0 Å². The topological polar surface area (TPSA) is 77.2 Å². The van der Waals surface area contributed by atoms with E-state index in [1.54, 1.807) is 30.5 Å². The second kappa shape index (κ2) is 5.86. The van der Waals surface area contributed by atoms with E-state index in [0.29, 0.717) is 17.9 Å². The molecule has 0 bridgehead atoms. The summed E-state index contributed by atoms with van der Waals surface area (Å²) in [6.07, 6.45) is 1.75. The Labute approximate surface area is 111 Å². The number of benzene rings is 1. The minimum Gasteiger partial charge on any atom is -0.489 e. The molecule has 1 aromatic carbocycles. The third kappa shape index (κ3) is 3.45. The van der Waals surface area contributed by atoms with Crippen LogP contribution in [0.4, 0.5) is 5.82 Å². The molecule has 0 saturated heterocycles. The standard InChI is InChI=1S/C14H15N3O2/c1-16-13-7-2-10(8-17-13)9-19-12-5-3-11(4-6-12)14(15)18/h2-8H,9H2,1H3,(H2,15,18)(H,16,17). The number of anilines is 1. The monoisotopic (exact) mass is 257 g/mol. The molecule has 2 aromatic rings. The molecule has 0 spiro atoms. The summed E-state index contributed by atoms with van der Waals surface area (Å²) in [5.41, 5.74) is 6.60. The summed E-state index contributed by atoms with van der Waals surface area (Å²) in [7, 11) is 1.82. The van der Waals surface area contributed by atoms with Gasteiger partial charge in [-0.2, -0.15) is 0 Å². The number of amides is 1. The number of carbonyl (C=O) groups excluding carboxylic acids is 1. The number of hydrogen-bond acceptors (Lipinski definition) is 4. The van der Waals surface area contributed by atoms with E-state index in [1.807, 2.05) is 19.2 Å². The number of primary amides is 1. The highest BCUT2D eigenvalue weighted by atomic mass is 16.5. The van der Waals surface area contributed by atoms with E-state index >= 15 is 0 Å². The minimum atomic E-state index is -0.446. The van der Waals surface area contributed by atoms with Crippen LogP contribution in [0.15, 0.2) is 42.6 Å². The number of pyridine rings is 1. The number of nitrogens with zero attached hydrogens (tertiary/aromatic N) is 1. The molecule has 0 aliphatic carbocycles. The molecule has 1 heterocycles. The minimum absolute atomic E-state index is 0.424. The summed E-state index contributed by atoms with van der Waals surface area (Å²) in [6, 6.07) is 10.5. The summed E-state index contributed by atoms with van der Waals surface area (Å²) in [5, 5.41) is 2.95. The van der Waals surface area contributed by atoms with Crippen molar-refractivity contribution in [2.45, 2.75) is 6.61 Å². The predicted octanol–water partition coefficient (Wildman–Crippen LogP) is 1.80. The zero-order valence-electron chi connectivity index (χ0n) is 10.6. The van der Waals surface area contributed by atoms with E-state index in [1.165, 1.54) is 0 Å². The lowest BCUT2D eigenvalue weighted by atomic mass is 10.2. The Morgan fingerprint density at radius 2 is 2.00 bits per heavy atom. The zero-order valence-corrected chi connectivity index (χ0v) is 10.6. The lowest BCUT2D eigenvalue weighted by molar-refractivity contribution is 0.100. The Bertz CT molecular complexity index is 550. The van der Waals surface area contributed by atoms with Crippen molar-refractivity contribution in [1.29, 1.82) is 0 Å². The van der Waals surface area contributed by atoms with Crippen LogP contribution in [0.2, 0.25) is 0 Å².